The zero-order valence-corrected chi connectivity index (χ0v) is 19.4. The van der Waals surface area contributed by atoms with Crippen LogP contribution in [0, 0.1) is 13.8 Å². The van der Waals surface area contributed by atoms with Gasteiger partial charge in [0.25, 0.3) is 5.91 Å². The fraction of sp³-hybridized carbons (Fsp3) is 0.423. The molecule has 1 amide bonds. The van der Waals surface area contributed by atoms with E-state index in [1.165, 1.54) is 12.0 Å². The highest BCUT2D eigenvalue weighted by Gasteiger charge is 2.17. The van der Waals surface area contributed by atoms with Crippen LogP contribution >= 0.6 is 0 Å². The molecule has 2 heterocycles. The van der Waals surface area contributed by atoms with E-state index in [1.807, 2.05) is 44.2 Å². The monoisotopic (exact) mass is 432 g/mol. The first-order valence-electron chi connectivity index (χ1n) is 11.5. The lowest BCUT2D eigenvalue weighted by Crippen LogP contribution is -2.21. The van der Waals surface area contributed by atoms with Crippen molar-refractivity contribution in [1.29, 1.82) is 0 Å². The van der Waals surface area contributed by atoms with E-state index in [0.717, 1.165) is 65.6 Å². The van der Waals surface area contributed by atoms with Gasteiger partial charge < -0.3 is 14.6 Å². The van der Waals surface area contributed by atoms with E-state index >= 15 is 0 Å². The molecule has 1 aromatic heterocycles. The molecule has 32 heavy (non-hydrogen) atoms. The number of carbonyl (C=O) groups excluding carboxylic acids is 1. The van der Waals surface area contributed by atoms with Crippen LogP contribution in [0.25, 0.3) is 11.4 Å². The SMILES string of the molecule is Cc1ccc(-c2nnc3n2CCCCC3)cc1NC(=O)COc1cc(C(C)C)ccc1C. The number of nitrogens with zero attached hydrogens (tertiary/aromatic N) is 3. The number of anilines is 1. The molecule has 0 spiro atoms. The van der Waals surface area contributed by atoms with Gasteiger partial charge in [-0.2, -0.15) is 0 Å². The number of fused-ring (bicyclic) bond motifs is 1. The van der Waals surface area contributed by atoms with E-state index in [0.29, 0.717) is 5.92 Å². The van der Waals surface area contributed by atoms with Crippen molar-refractivity contribution in [2.24, 2.45) is 0 Å². The van der Waals surface area contributed by atoms with Crippen LogP contribution in [0.4, 0.5) is 5.69 Å². The third kappa shape index (κ3) is 4.85. The number of hydrogen-bond acceptors (Lipinski definition) is 4. The van der Waals surface area contributed by atoms with Gasteiger partial charge in [-0.1, -0.05) is 44.5 Å². The molecule has 168 valence electrons. The van der Waals surface area contributed by atoms with Crippen molar-refractivity contribution in [2.45, 2.75) is 65.8 Å². The highest BCUT2D eigenvalue weighted by atomic mass is 16.5. The molecule has 6 nitrogen and oxygen atoms in total. The summed E-state index contributed by atoms with van der Waals surface area (Å²) in [4.78, 5) is 12.7. The summed E-state index contributed by atoms with van der Waals surface area (Å²) in [5, 5.41) is 11.9. The average Bonchev–Trinajstić information content (AvgIpc) is 3.02. The third-order valence-electron chi connectivity index (χ3n) is 6.12. The van der Waals surface area contributed by atoms with Crippen molar-refractivity contribution in [1.82, 2.24) is 14.8 Å². The average molecular weight is 433 g/mol. The first-order valence-corrected chi connectivity index (χ1v) is 11.5. The summed E-state index contributed by atoms with van der Waals surface area (Å²) < 4.78 is 8.07. The molecule has 1 aliphatic heterocycles. The molecule has 6 heteroatoms. The zero-order valence-electron chi connectivity index (χ0n) is 19.4. The van der Waals surface area contributed by atoms with E-state index in [4.69, 9.17) is 4.74 Å². The number of nitrogens with one attached hydrogen (secondary N) is 1. The summed E-state index contributed by atoms with van der Waals surface area (Å²) in [5.41, 5.74) is 4.95. The summed E-state index contributed by atoms with van der Waals surface area (Å²) >= 11 is 0. The van der Waals surface area contributed by atoms with Crippen LogP contribution in [0.3, 0.4) is 0 Å². The number of hydrogen-bond donors (Lipinski definition) is 1. The molecular weight excluding hydrogens is 400 g/mol. The highest BCUT2D eigenvalue weighted by Crippen LogP contribution is 2.27. The molecule has 0 unspecified atom stereocenters. The Hall–Kier alpha value is -3.15. The van der Waals surface area contributed by atoms with Crippen molar-refractivity contribution in [2.75, 3.05) is 11.9 Å². The molecule has 1 N–H and O–H groups in total. The number of aryl methyl sites for hydroxylation is 3. The number of amides is 1. The van der Waals surface area contributed by atoms with Gasteiger partial charge in [0.1, 0.15) is 11.6 Å². The molecule has 0 saturated carbocycles. The lowest BCUT2D eigenvalue weighted by Gasteiger charge is -2.14. The number of aromatic nitrogens is 3. The smallest absolute Gasteiger partial charge is 0.262 e. The second-order valence-corrected chi connectivity index (χ2v) is 8.95. The Morgan fingerprint density at radius 3 is 2.69 bits per heavy atom. The normalized spacial score (nSPS) is 13.5. The predicted molar refractivity (Wildman–Crippen MR) is 127 cm³/mol. The molecule has 3 aromatic rings. The first-order chi connectivity index (χ1) is 15.4. The Morgan fingerprint density at radius 1 is 1.06 bits per heavy atom. The van der Waals surface area contributed by atoms with Gasteiger partial charge in [0.2, 0.25) is 0 Å². The van der Waals surface area contributed by atoms with E-state index in [2.05, 4.69) is 40.0 Å². The maximum absolute atomic E-state index is 12.7. The van der Waals surface area contributed by atoms with Gasteiger partial charge >= 0.3 is 0 Å². The summed E-state index contributed by atoms with van der Waals surface area (Å²) in [6.07, 6.45) is 4.49. The maximum Gasteiger partial charge on any atom is 0.262 e. The minimum Gasteiger partial charge on any atom is -0.483 e. The predicted octanol–water partition coefficient (Wildman–Crippen LogP) is 5.43. The van der Waals surface area contributed by atoms with Crippen molar-refractivity contribution < 1.29 is 9.53 Å². The minimum absolute atomic E-state index is 0.0353. The van der Waals surface area contributed by atoms with Crippen LogP contribution in [0.1, 0.15) is 61.5 Å². The van der Waals surface area contributed by atoms with E-state index in [1.54, 1.807) is 0 Å². The van der Waals surface area contributed by atoms with Crippen molar-refractivity contribution >= 4 is 11.6 Å². The molecule has 0 fully saturated rings. The quantitative estimate of drug-likeness (QED) is 0.564. The Labute approximate surface area is 190 Å². The van der Waals surface area contributed by atoms with Crippen LogP contribution in [0.2, 0.25) is 0 Å². The Kier molecular flexibility index (Phi) is 6.58. The molecule has 0 bridgehead atoms. The van der Waals surface area contributed by atoms with Gasteiger partial charge in [0, 0.05) is 24.2 Å². The van der Waals surface area contributed by atoms with Gasteiger partial charge in [0.05, 0.1) is 0 Å². The van der Waals surface area contributed by atoms with Crippen LogP contribution in [-0.4, -0.2) is 27.3 Å². The van der Waals surface area contributed by atoms with Crippen molar-refractivity contribution in [3.05, 3.63) is 58.9 Å². The van der Waals surface area contributed by atoms with Crippen LogP contribution in [-0.2, 0) is 17.8 Å². The first kappa shape index (κ1) is 22.1. The molecule has 0 atom stereocenters. The van der Waals surface area contributed by atoms with Gasteiger partial charge in [-0.05, 0) is 61.4 Å². The standard InChI is InChI=1S/C26H32N4O2/c1-17(2)20-11-10-19(4)23(15-20)32-16-25(31)27-22-14-21(12-9-18(22)3)26-29-28-24-8-6-5-7-13-30(24)26/h9-12,14-15,17H,5-8,13,16H2,1-4H3,(H,27,31). The number of ether oxygens (including phenoxy) is 1. The fourth-order valence-corrected chi connectivity index (χ4v) is 4.06. The van der Waals surface area contributed by atoms with Gasteiger partial charge in [-0.25, -0.2) is 0 Å². The molecule has 4 rings (SSSR count). The fourth-order valence-electron chi connectivity index (χ4n) is 4.06. The summed E-state index contributed by atoms with van der Waals surface area (Å²) in [5.74, 6) is 2.90. The van der Waals surface area contributed by atoms with E-state index < -0.39 is 0 Å². The van der Waals surface area contributed by atoms with Crippen molar-refractivity contribution in [3.8, 4) is 17.1 Å². The Morgan fingerprint density at radius 2 is 1.88 bits per heavy atom. The molecule has 0 aliphatic carbocycles. The topological polar surface area (TPSA) is 69.0 Å². The molecule has 0 saturated heterocycles. The van der Waals surface area contributed by atoms with E-state index in [-0.39, 0.29) is 12.5 Å². The summed E-state index contributed by atoms with van der Waals surface area (Å²) in [6, 6.07) is 12.2. The highest BCUT2D eigenvalue weighted by molar-refractivity contribution is 5.93. The number of rotatable bonds is 6. The molecule has 0 radical (unpaired) electrons. The van der Waals surface area contributed by atoms with Crippen LogP contribution < -0.4 is 10.1 Å². The lowest BCUT2D eigenvalue weighted by molar-refractivity contribution is -0.118. The number of benzene rings is 2. The number of carbonyl (C=O) groups is 1. The molecular formula is C26H32N4O2. The second kappa shape index (κ2) is 9.55. The Bertz CT molecular complexity index is 1120. The van der Waals surface area contributed by atoms with Crippen molar-refractivity contribution in [3.63, 3.8) is 0 Å². The van der Waals surface area contributed by atoms with E-state index in [9.17, 15) is 4.79 Å². The summed E-state index contributed by atoms with van der Waals surface area (Å²) in [7, 11) is 0. The van der Waals surface area contributed by atoms with Gasteiger partial charge in [-0.3, -0.25) is 4.79 Å². The largest absolute Gasteiger partial charge is 0.483 e. The maximum atomic E-state index is 12.7. The molecule has 1 aliphatic rings. The minimum atomic E-state index is -0.181. The summed E-state index contributed by atoms with van der Waals surface area (Å²) in [6.45, 7) is 9.17. The zero-order chi connectivity index (χ0) is 22.7. The van der Waals surface area contributed by atoms with Gasteiger partial charge in [0.15, 0.2) is 12.4 Å². The lowest BCUT2D eigenvalue weighted by atomic mass is 10.0. The van der Waals surface area contributed by atoms with Gasteiger partial charge in [-0.15, -0.1) is 10.2 Å². The Balaban J connectivity index is 1.48. The second-order valence-electron chi connectivity index (χ2n) is 8.95. The van der Waals surface area contributed by atoms with Crippen LogP contribution in [0.15, 0.2) is 36.4 Å². The molecule has 2 aromatic carbocycles. The van der Waals surface area contributed by atoms with Crippen LogP contribution in [0.5, 0.6) is 5.75 Å². The third-order valence-corrected chi connectivity index (χ3v) is 6.12.